The molecule has 2 amide bonds. The van der Waals surface area contributed by atoms with E-state index >= 15 is 0 Å². The number of anilines is 1. The lowest BCUT2D eigenvalue weighted by atomic mass is 10.3. The van der Waals surface area contributed by atoms with Gasteiger partial charge < -0.3 is 24.4 Å². The van der Waals surface area contributed by atoms with Crippen LogP contribution in [0.1, 0.15) is 0 Å². The average molecular weight is 268 g/mol. The number of amides is 2. The number of hydrogen-bond acceptors (Lipinski definition) is 4. The summed E-state index contributed by atoms with van der Waals surface area (Å²) in [6.07, 6.45) is -0.443. The molecule has 1 aromatic rings. The van der Waals surface area contributed by atoms with Crippen LogP contribution in [0.3, 0.4) is 0 Å². The highest BCUT2D eigenvalue weighted by Gasteiger charge is 2.14. The summed E-state index contributed by atoms with van der Waals surface area (Å²) in [4.78, 5) is 13.4. The molecular weight excluding hydrogens is 248 g/mol. The lowest BCUT2D eigenvalue weighted by Crippen LogP contribution is -2.38. The maximum atomic E-state index is 11.9. The molecule has 6 heteroatoms. The number of ether oxygens (including phenoxy) is 3. The molecule has 0 unspecified atom stereocenters. The summed E-state index contributed by atoms with van der Waals surface area (Å²) in [6, 6.07) is 6.91. The van der Waals surface area contributed by atoms with Crippen LogP contribution in [-0.4, -0.2) is 52.1 Å². The van der Waals surface area contributed by atoms with Gasteiger partial charge in [0.1, 0.15) is 5.75 Å². The van der Waals surface area contributed by atoms with Crippen LogP contribution in [0.5, 0.6) is 5.75 Å². The molecule has 0 atom stereocenters. The lowest BCUT2D eigenvalue weighted by Gasteiger charge is -2.22. The molecule has 0 aliphatic carbocycles. The number of rotatable bonds is 6. The van der Waals surface area contributed by atoms with Crippen molar-refractivity contribution in [2.75, 3.05) is 40.2 Å². The lowest BCUT2D eigenvalue weighted by molar-refractivity contribution is -0.108. The van der Waals surface area contributed by atoms with E-state index in [4.69, 9.17) is 14.2 Å². The summed E-state index contributed by atoms with van der Waals surface area (Å²) in [6.45, 7) is 0.336. The van der Waals surface area contributed by atoms with Gasteiger partial charge in [0.15, 0.2) is 6.29 Å². The van der Waals surface area contributed by atoms with E-state index in [0.29, 0.717) is 18.0 Å². The number of carbonyl (C=O) groups is 1. The maximum absolute atomic E-state index is 11.9. The molecule has 0 saturated carbocycles. The third-order valence-electron chi connectivity index (χ3n) is 2.62. The minimum absolute atomic E-state index is 0.243. The van der Waals surface area contributed by atoms with Gasteiger partial charge in [-0.3, -0.25) is 0 Å². The highest BCUT2D eigenvalue weighted by molar-refractivity contribution is 5.89. The number of nitrogens with one attached hydrogen (secondary N) is 1. The van der Waals surface area contributed by atoms with Crippen molar-refractivity contribution in [2.45, 2.75) is 6.29 Å². The van der Waals surface area contributed by atoms with E-state index in [1.165, 1.54) is 19.1 Å². The molecule has 1 aromatic carbocycles. The monoisotopic (exact) mass is 268 g/mol. The van der Waals surface area contributed by atoms with Crippen molar-refractivity contribution in [1.29, 1.82) is 0 Å². The summed E-state index contributed by atoms with van der Waals surface area (Å²) in [5.41, 5.74) is 0.669. The first kappa shape index (κ1) is 15.3. The minimum atomic E-state index is -0.443. The molecule has 0 aliphatic heterocycles. The summed E-state index contributed by atoms with van der Waals surface area (Å²) < 4.78 is 15.2. The van der Waals surface area contributed by atoms with E-state index < -0.39 is 6.29 Å². The van der Waals surface area contributed by atoms with Gasteiger partial charge in [-0.15, -0.1) is 0 Å². The predicted molar refractivity (Wildman–Crippen MR) is 72.4 cm³/mol. The van der Waals surface area contributed by atoms with E-state index in [-0.39, 0.29) is 6.03 Å². The van der Waals surface area contributed by atoms with Gasteiger partial charge >= 0.3 is 6.03 Å². The molecule has 0 fully saturated rings. The largest absolute Gasteiger partial charge is 0.497 e. The molecule has 1 N–H and O–H groups in total. The normalized spacial score (nSPS) is 10.4. The Morgan fingerprint density at radius 2 is 2.00 bits per heavy atom. The van der Waals surface area contributed by atoms with Crippen molar-refractivity contribution < 1.29 is 19.0 Å². The highest BCUT2D eigenvalue weighted by atomic mass is 16.7. The van der Waals surface area contributed by atoms with Crippen LogP contribution in [0.25, 0.3) is 0 Å². The number of nitrogens with zero attached hydrogens (tertiary/aromatic N) is 1. The third kappa shape index (κ3) is 4.76. The van der Waals surface area contributed by atoms with E-state index in [0.717, 1.165) is 0 Å². The molecule has 0 aromatic heterocycles. The van der Waals surface area contributed by atoms with Gasteiger partial charge in [0.05, 0.1) is 13.7 Å². The Labute approximate surface area is 113 Å². The minimum Gasteiger partial charge on any atom is -0.497 e. The Hall–Kier alpha value is -1.79. The van der Waals surface area contributed by atoms with Crippen LogP contribution in [-0.2, 0) is 9.47 Å². The Bertz CT molecular complexity index is 407. The number of carbonyl (C=O) groups excluding carboxylic acids is 1. The molecule has 0 saturated heterocycles. The van der Waals surface area contributed by atoms with E-state index in [1.807, 2.05) is 12.1 Å². The van der Waals surface area contributed by atoms with Gasteiger partial charge in [-0.1, -0.05) is 6.07 Å². The molecule has 0 radical (unpaired) electrons. The standard InChI is InChI=1S/C13H20N2O4/c1-15(9-12(18-3)19-4)13(16)14-10-6-5-7-11(8-10)17-2/h5-8,12H,9H2,1-4H3,(H,14,16). The average Bonchev–Trinajstić information content (AvgIpc) is 2.44. The molecule has 0 bridgehead atoms. The van der Waals surface area contributed by atoms with E-state index in [2.05, 4.69) is 5.32 Å². The van der Waals surface area contributed by atoms with Gasteiger partial charge in [-0.2, -0.15) is 0 Å². The zero-order valence-electron chi connectivity index (χ0n) is 11.7. The Kier molecular flexibility index (Phi) is 6.11. The fourth-order valence-electron chi connectivity index (χ4n) is 1.47. The van der Waals surface area contributed by atoms with Crippen LogP contribution in [0.4, 0.5) is 10.5 Å². The summed E-state index contributed by atoms with van der Waals surface area (Å²) in [5, 5.41) is 2.77. The van der Waals surface area contributed by atoms with Crippen LogP contribution >= 0.6 is 0 Å². The number of benzene rings is 1. The Morgan fingerprint density at radius 3 is 2.58 bits per heavy atom. The molecule has 0 aliphatic rings. The first-order chi connectivity index (χ1) is 9.10. The third-order valence-corrected chi connectivity index (χ3v) is 2.62. The fraction of sp³-hybridized carbons (Fsp3) is 0.462. The molecule has 1 rings (SSSR count). The van der Waals surface area contributed by atoms with Gasteiger partial charge in [-0.25, -0.2) is 4.79 Å². The van der Waals surface area contributed by atoms with Crippen molar-refractivity contribution in [1.82, 2.24) is 4.90 Å². The number of methoxy groups -OCH3 is 3. The smallest absolute Gasteiger partial charge is 0.321 e. The fourth-order valence-corrected chi connectivity index (χ4v) is 1.47. The second-order valence-corrected chi connectivity index (χ2v) is 3.94. The molecule has 0 spiro atoms. The summed E-state index contributed by atoms with van der Waals surface area (Å²) >= 11 is 0. The molecule has 19 heavy (non-hydrogen) atoms. The topological polar surface area (TPSA) is 60.0 Å². The number of urea groups is 1. The zero-order chi connectivity index (χ0) is 14.3. The summed E-state index contributed by atoms with van der Waals surface area (Å²) in [5.74, 6) is 0.687. The van der Waals surface area contributed by atoms with Crippen molar-refractivity contribution in [2.24, 2.45) is 0 Å². The van der Waals surface area contributed by atoms with Crippen molar-refractivity contribution >= 4 is 11.7 Å². The Balaban J connectivity index is 2.58. The van der Waals surface area contributed by atoms with Crippen molar-refractivity contribution in [3.8, 4) is 5.75 Å². The molecule has 0 heterocycles. The van der Waals surface area contributed by atoms with Crippen molar-refractivity contribution in [3.05, 3.63) is 24.3 Å². The van der Waals surface area contributed by atoms with Gasteiger partial charge in [0.25, 0.3) is 0 Å². The number of hydrogen-bond donors (Lipinski definition) is 1. The van der Waals surface area contributed by atoms with E-state index in [9.17, 15) is 4.79 Å². The SMILES string of the molecule is COc1cccc(NC(=O)N(C)CC(OC)OC)c1. The van der Waals surface area contributed by atoms with Crippen molar-refractivity contribution in [3.63, 3.8) is 0 Å². The molecule has 6 nitrogen and oxygen atoms in total. The zero-order valence-corrected chi connectivity index (χ0v) is 11.7. The van der Waals surface area contributed by atoms with Crippen LogP contribution in [0.15, 0.2) is 24.3 Å². The van der Waals surface area contributed by atoms with Gasteiger partial charge in [0.2, 0.25) is 0 Å². The van der Waals surface area contributed by atoms with Crippen LogP contribution < -0.4 is 10.1 Å². The van der Waals surface area contributed by atoms with Gasteiger partial charge in [-0.05, 0) is 12.1 Å². The maximum Gasteiger partial charge on any atom is 0.321 e. The Morgan fingerprint density at radius 1 is 1.32 bits per heavy atom. The predicted octanol–water partition coefficient (Wildman–Crippen LogP) is 1.78. The second-order valence-electron chi connectivity index (χ2n) is 3.94. The second kappa shape index (κ2) is 7.60. The highest BCUT2D eigenvalue weighted by Crippen LogP contribution is 2.16. The first-order valence-corrected chi connectivity index (χ1v) is 5.82. The molecule has 106 valence electrons. The van der Waals surface area contributed by atoms with Gasteiger partial charge in [0, 0.05) is 33.0 Å². The number of likely N-dealkylation sites (N-methyl/N-ethyl adjacent to an activating group) is 1. The summed E-state index contributed by atoms with van der Waals surface area (Å²) in [7, 11) is 6.30. The quantitative estimate of drug-likeness (QED) is 0.799. The van der Waals surface area contributed by atoms with Crippen LogP contribution in [0, 0.1) is 0 Å². The van der Waals surface area contributed by atoms with Crippen LogP contribution in [0.2, 0.25) is 0 Å². The molecular formula is C13H20N2O4. The van der Waals surface area contributed by atoms with E-state index in [1.54, 1.807) is 26.3 Å². The first-order valence-electron chi connectivity index (χ1n) is 5.82.